The van der Waals surface area contributed by atoms with Gasteiger partial charge in [0.25, 0.3) is 0 Å². The first-order valence-electron chi connectivity index (χ1n) is 6.06. The third-order valence-corrected chi connectivity index (χ3v) is 3.20. The van der Waals surface area contributed by atoms with Crippen molar-refractivity contribution in [1.29, 1.82) is 0 Å². The molecular formula is C13H18N2O2. The maximum atomic E-state index is 11.4. The summed E-state index contributed by atoms with van der Waals surface area (Å²) in [7, 11) is 1.44. The number of nitrogens with zero attached hydrogens (tertiary/aromatic N) is 2. The van der Waals surface area contributed by atoms with Crippen molar-refractivity contribution in [1.82, 2.24) is 4.98 Å². The van der Waals surface area contributed by atoms with Gasteiger partial charge in [-0.3, -0.25) is 4.79 Å². The first-order valence-corrected chi connectivity index (χ1v) is 6.06. The highest BCUT2D eigenvalue weighted by Crippen LogP contribution is 2.24. The average molecular weight is 234 g/mol. The summed E-state index contributed by atoms with van der Waals surface area (Å²) in [6.45, 7) is 0.971. The molecule has 1 unspecified atom stereocenters. The van der Waals surface area contributed by atoms with Crippen LogP contribution < -0.4 is 4.90 Å². The van der Waals surface area contributed by atoms with E-state index in [1.54, 1.807) is 6.20 Å². The quantitative estimate of drug-likeness (QED) is 0.750. The number of carbonyl (C=O) groups excluding carboxylic acids is 1. The zero-order valence-corrected chi connectivity index (χ0v) is 10.1. The molecule has 0 aliphatic carbocycles. The average Bonchev–Trinajstić information content (AvgIpc) is 2.40. The molecule has 4 heteroatoms. The summed E-state index contributed by atoms with van der Waals surface area (Å²) in [5, 5.41) is 0. The van der Waals surface area contributed by atoms with E-state index in [0.29, 0.717) is 6.42 Å². The van der Waals surface area contributed by atoms with Gasteiger partial charge in [-0.25, -0.2) is 4.98 Å². The lowest BCUT2D eigenvalue weighted by molar-refractivity contribution is -0.141. The maximum absolute atomic E-state index is 11.4. The van der Waals surface area contributed by atoms with Gasteiger partial charge in [-0.2, -0.15) is 0 Å². The molecule has 0 N–H and O–H groups in total. The van der Waals surface area contributed by atoms with E-state index in [2.05, 4.69) is 9.88 Å². The van der Waals surface area contributed by atoms with Crippen molar-refractivity contribution < 1.29 is 9.53 Å². The van der Waals surface area contributed by atoms with Crippen LogP contribution in [0.25, 0.3) is 0 Å². The smallest absolute Gasteiger partial charge is 0.307 e. The number of pyridine rings is 1. The van der Waals surface area contributed by atoms with E-state index >= 15 is 0 Å². The Labute approximate surface area is 102 Å². The summed E-state index contributed by atoms with van der Waals surface area (Å²) in [6, 6.07) is 6.11. The summed E-state index contributed by atoms with van der Waals surface area (Å²) in [5.41, 5.74) is 0. The fourth-order valence-corrected chi connectivity index (χ4v) is 2.31. The van der Waals surface area contributed by atoms with Gasteiger partial charge in [0, 0.05) is 18.8 Å². The molecule has 4 nitrogen and oxygen atoms in total. The first kappa shape index (κ1) is 11.9. The Morgan fingerprint density at radius 1 is 1.53 bits per heavy atom. The van der Waals surface area contributed by atoms with E-state index in [4.69, 9.17) is 4.74 Å². The van der Waals surface area contributed by atoms with Crippen molar-refractivity contribution in [2.24, 2.45) is 0 Å². The second kappa shape index (κ2) is 5.66. The number of ether oxygens (including phenoxy) is 1. The lowest BCUT2D eigenvalue weighted by atomic mass is 9.99. The number of anilines is 1. The van der Waals surface area contributed by atoms with E-state index in [-0.39, 0.29) is 12.0 Å². The van der Waals surface area contributed by atoms with Gasteiger partial charge in [0.2, 0.25) is 0 Å². The van der Waals surface area contributed by atoms with Crippen molar-refractivity contribution in [3.05, 3.63) is 24.4 Å². The molecule has 1 atom stereocenters. The molecule has 1 aliphatic rings. The highest BCUT2D eigenvalue weighted by molar-refractivity contribution is 5.70. The van der Waals surface area contributed by atoms with Crippen LogP contribution >= 0.6 is 0 Å². The maximum Gasteiger partial charge on any atom is 0.307 e. The third-order valence-electron chi connectivity index (χ3n) is 3.20. The summed E-state index contributed by atoms with van der Waals surface area (Å²) in [4.78, 5) is 18.0. The monoisotopic (exact) mass is 234 g/mol. The fraction of sp³-hybridized carbons (Fsp3) is 0.538. The number of rotatable bonds is 3. The van der Waals surface area contributed by atoms with Gasteiger partial charge in [-0.15, -0.1) is 0 Å². The Balaban J connectivity index is 2.09. The zero-order chi connectivity index (χ0) is 12.1. The molecule has 1 aliphatic heterocycles. The number of methoxy groups -OCH3 is 1. The van der Waals surface area contributed by atoms with Gasteiger partial charge in [-0.05, 0) is 31.4 Å². The topological polar surface area (TPSA) is 42.4 Å². The number of piperidine rings is 1. The van der Waals surface area contributed by atoms with Crippen molar-refractivity contribution in [2.75, 3.05) is 18.6 Å². The molecule has 0 radical (unpaired) electrons. The molecule has 2 rings (SSSR count). The Bertz CT molecular complexity index is 367. The Morgan fingerprint density at radius 2 is 2.41 bits per heavy atom. The van der Waals surface area contributed by atoms with Gasteiger partial charge in [0.05, 0.1) is 13.5 Å². The van der Waals surface area contributed by atoms with Gasteiger partial charge >= 0.3 is 5.97 Å². The van der Waals surface area contributed by atoms with Crippen LogP contribution in [0.3, 0.4) is 0 Å². The van der Waals surface area contributed by atoms with E-state index in [0.717, 1.165) is 25.2 Å². The van der Waals surface area contributed by atoms with Crippen LogP contribution in [0, 0.1) is 0 Å². The SMILES string of the molecule is COC(=O)CC1CCCCN1c1ccccn1. The minimum absolute atomic E-state index is 0.141. The van der Waals surface area contributed by atoms with Crippen LogP contribution in [0.5, 0.6) is 0 Å². The second-order valence-corrected chi connectivity index (χ2v) is 4.31. The molecular weight excluding hydrogens is 216 g/mol. The molecule has 0 amide bonds. The predicted molar refractivity (Wildman–Crippen MR) is 65.9 cm³/mol. The van der Waals surface area contributed by atoms with Gasteiger partial charge in [-0.1, -0.05) is 6.07 Å². The van der Waals surface area contributed by atoms with Crippen LogP contribution in [0.1, 0.15) is 25.7 Å². The van der Waals surface area contributed by atoms with Crippen LogP contribution in [0.2, 0.25) is 0 Å². The summed E-state index contributed by atoms with van der Waals surface area (Å²) >= 11 is 0. The standard InChI is InChI=1S/C13H18N2O2/c1-17-13(16)10-11-6-3-5-9-15(11)12-7-2-4-8-14-12/h2,4,7-8,11H,3,5-6,9-10H2,1H3. The summed E-state index contributed by atoms with van der Waals surface area (Å²) in [5.74, 6) is 0.818. The molecule has 0 aromatic carbocycles. The van der Waals surface area contributed by atoms with Crippen LogP contribution in [0.15, 0.2) is 24.4 Å². The van der Waals surface area contributed by atoms with Gasteiger partial charge in [0.1, 0.15) is 5.82 Å². The number of hydrogen-bond donors (Lipinski definition) is 0. The molecule has 1 aromatic heterocycles. The van der Waals surface area contributed by atoms with Crippen molar-refractivity contribution in [3.8, 4) is 0 Å². The normalized spacial score (nSPS) is 20.1. The largest absolute Gasteiger partial charge is 0.469 e. The molecule has 1 saturated heterocycles. The molecule has 1 fully saturated rings. The zero-order valence-electron chi connectivity index (χ0n) is 10.1. The van der Waals surface area contributed by atoms with E-state index in [9.17, 15) is 4.79 Å². The highest BCUT2D eigenvalue weighted by Gasteiger charge is 2.25. The molecule has 1 aromatic rings. The number of carbonyl (C=O) groups is 1. The number of aromatic nitrogens is 1. The lowest BCUT2D eigenvalue weighted by Gasteiger charge is -2.36. The highest BCUT2D eigenvalue weighted by atomic mass is 16.5. The summed E-state index contributed by atoms with van der Waals surface area (Å²) in [6.07, 6.45) is 5.61. The Morgan fingerprint density at radius 3 is 3.12 bits per heavy atom. The number of esters is 1. The van der Waals surface area contributed by atoms with Crippen molar-refractivity contribution in [2.45, 2.75) is 31.7 Å². The van der Waals surface area contributed by atoms with Crippen molar-refractivity contribution in [3.63, 3.8) is 0 Å². The second-order valence-electron chi connectivity index (χ2n) is 4.31. The van der Waals surface area contributed by atoms with Crippen LogP contribution in [-0.2, 0) is 9.53 Å². The Kier molecular flexibility index (Phi) is 3.96. The predicted octanol–water partition coefficient (Wildman–Crippen LogP) is 2.00. The van der Waals surface area contributed by atoms with Gasteiger partial charge in [0.15, 0.2) is 0 Å². The molecule has 2 heterocycles. The summed E-state index contributed by atoms with van der Waals surface area (Å²) < 4.78 is 4.75. The first-order chi connectivity index (χ1) is 8.31. The van der Waals surface area contributed by atoms with Crippen LogP contribution in [-0.4, -0.2) is 30.6 Å². The molecule has 17 heavy (non-hydrogen) atoms. The van der Waals surface area contributed by atoms with Crippen molar-refractivity contribution >= 4 is 11.8 Å². The minimum Gasteiger partial charge on any atom is -0.469 e. The van der Waals surface area contributed by atoms with E-state index in [1.807, 2.05) is 18.2 Å². The molecule has 92 valence electrons. The Hall–Kier alpha value is -1.58. The molecule has 0 spiro atoms. The van der Waals surface area contributed by atoms with Crippen LogP contribution in [0.4, 0.5) is 5.82 Å². The minimum atomic E-state index is -0.141. The fourth-order valence-electron chi connectivity index (χ4n) is 2.31. The number of hydrogen-bond acceptors (Lipinski definition) is 4. The van der Waals surface area contributed by atoms with Gasteiger partial charge < -0.3 is 9.64 Å². The lowest BCUT2D eigenvalue weighted by Crippen LogP contribution is -2.41. The molecule has 0 bridgehead atoms. The molecule has 0 saturated carbocycles. The van der Waals surface area contributed by atoms with E-state index < -0.39 is 0 Å². The van der Waals surface area contributed by atoms with E-state index in [1.165, 1.54) is 13.5 Å². The third kappa shape index (κ3) is 2.96.